The molecule has 2 heterocycles. The molecule has 2 aromatic carbocycles. The van der Waals surface area contributed by atoms with Crippen molar-refractivity contribution in [3.05, 3.63) is 78.1 Å². The van der Waals surface area contributed by atoms with Gasteiger partial charge >= 0.3 is 0 Å². The van der Waals surface area contributed by atoms with Crippen LogP contribution in [0.2, 0.25) is 0 Å². The number of aromatic nitrogens is 2. The molecule has 124 valence electrons. The summed E-state index contributed by atoms with van der Waals surface area (Å²) in [5.74, 6) is 0.503. The summed E-state index contributed by atoms with van der Waals surface area (Å²) in [5, 5.41) is 0. The van der Waals surface area contributed by atoms with Crippen LogP contribution in [-0.2, 0) is 6.42 Å². The van der Waals surface area contributed by atoms with Gasteiger partial charge in [0.05, 0.1) is 5.56 Å². The zero-order valence-electron chi connectivity index (χ0n) is 14.0. The number of anilines is 3. The average molecular weight is 330 g/mol. The second-order valence-electron chi connectivity index (χ2n) is 6.00. The molecule has 0 radical (unpaired) electrons. The van der Waals surface area contributed by atoms with Crippen LogP contribution in [-0.4, -0.2) is 29.5 Å². The highest BCUT2D eigenvalue weighted by Gasteiger charge is 2.22. The molecule has 1 amide bonds. The maximum absolute atomic E-state index is 12.6. The van der Waals surface area contributed by atoms with Crippen LogP contribution >= 0.6 is 0 Å². The van der Waals surface area contributed by atoms with Crippen molar-refractivity contribution in [3.63, 3.8) is 0 Å². The van der Waals surface area contributed by atoms with E-state index in [1.165, 1.54) is 5.56 Å². The minimum atomic E-state index is -0.125. The van der Waals surface area contributed by atoms with Crippen LogP contribution in [0.3, 0.4) is 0 Å². The molecule has 0 spiro atoms. The van der Waals surface area contributed by atoms with Crippen molar-refractivity contribution < 1.29 is 4.79 Å². The molecule has 4 rings (SSSR count). The lowest BCUT2D eigenvalue weighted by Crippen LogP contribution is -2.26. The molecule has 5 nitrogen and oxygen atoms in total. The molecule has 0 bridgehead atoms. The second kappa shape index (κ2) is 6.36. The van der Waals surface area contributed by atoms with Gasteiger partial charge in [0.25, 0.3) is 5.91 Å². The molecular formula is C20H18N4O. The Morgan fingerprint density at radius 2 is 1.68 bits per heavy atom. The van der Waals surface area contributed by atoms with Crippen molar-refractivity contribution in [3.8, 4) is 0 Å². The Bertz CT molecular complexity index is 893. The summed E-state index contributed by atoms with van der Waals surface area (Å²) in [6.07, 6.45) is 4.19. The Morgan fingerprint density at radius 3 is 2.44 bits per heavy atom. The standard InChI is InChI=1S/C20H18N4O/c1-23(17-8-3-2-4-9-17)19(25)16-13-21-20(22-14-16)24-12-11-15-7-5-6-10-18(15)24/h2-10,13-14H,11-12H2,1H3. The third-order valence-corrected chi connectivity index (χ3v) is 4.46. The van der Waals surface area contributed by atoms with E-state index in [4.69, 9.17) is 0 Å². The topological polar surface area (TPSA) is 49.3 Å². The Morgan fingerprint density at radius 1 is 1.00 bits per heavy atom. The minimum Gasteiger partial charge on any atom is -0.311 e. The van der Waals surface area contributed by atoms with Crippen molar-refractivity contribution >= 4 is 23.2 Å². The molecule has 0 fully saturated rings. The van der Waals surface area contributed by atoms with E-state index in [0.717, 1.165) is 24.3 Å². The van der Waals surface area contributed by atoms with E-state index in [2.05, 4.69) is 27.0 Å². The van der Waals surface area contributed by atoms with E-state index >= 15 is 0 Å². The molecule has 25 heavy (non-hydrogen) atoms. The molecule has 0 unspecified atom stereocenters. The highest BCUT2D eigenvalue weighted by molar-refractivity contribution is 6.05. The van der Waals surface area contributed by atoms with Crippen molar-refractivity contribution in [1.29, 1.82) is 0 Å². The number of hydrogen-bond donors (Lipinski definition) is 0. The summed E-state index contributed by atoms with van der Waals surface area (Å²) < 4.78 is 0. The Kier molecular flexibility index (Phi) is 3.90. The lowest BCUT2D eigenvalue weighted by atomic mass is 10.2. The Balaban J connectivity index is 1.56. The molecule has 0 saturated heterocycles. The summed E-state index contributed by atoms with van der Waals surface area (Å²) in [6.45, 7) is 0.858. The van der Waals surface area contributed by atoms with Crippen molar-refractivity contribution in [2.75, 3.05) is 23.4 Å². The van der Waals surface area contributed by atoms with Crippen molar-refractivity contribution in [1.82, 2.24) is 9.97 Å². The summed E-state index contributed by atoms with van der Waals surface area (Å²) >= 11 is 0. The Labute approximate surface area is 146 Å². The third-order valence-electron chi connectivity index (χ3n) is 4.46. The Hall–Kier alpha value is -3.21. The average Bonchev–Trinajstić information content (AvgIpc) is 3.12. The van der Waals surface area contributed by atoms with Crippen LogP contribution in [0.1, 0.15) is 15.9 Å². The first kappa shape index (κ1) is 15.3. The van der Waals surface area contributed by atoms with Crippen LogP contribution < -0.4 is 9.80 Å². The monoisotopic (exact) mass is 330 g/mol. The van der Waals surface area contributed by atoms with Gasteiger partial charge in [0.15, 0.2) is 0 Å². The van der Waals surface area contributed by atoms with E-state index in [-0.39, 0.29) is 5.91 Å². The zero-order chi connectivity index (χ0) is 17.2. The summed E-state index contributed by atoms with van der Waals surface area (Å²) in [6, 6.07) is 17.8. The van der Waals surface area contributed by atoms with Crippen LogP contribution in [0.25, 0.3) is 0 Å². The van der Waals surface area contributed by atoms with E-state index in [1.807, 2.05) is 42.5 Å². The molecule has 1 aliphatic heterocycles. The van der Waals surface area contributed by atoms with Gasteiger partial charge in [-0.05, 0) is 30.2 Å². The van der Waals surface area contributed by atoms with Gasteiger partial charge in [-0.1, -0.05) is 36.4 Å². The fraction of sp³-hybridized carbons (Fsp3) is 0.150. The summed E-state index contributed by atoms with van der Waals surface area (Å²) in [7, 11) is 1.75. The molecule has 0 aliphatic carbocycles. The SMILES string of the molecule is CN(C(=O)c1cnc(N2CCc3ccccc32)nc1)c1ccccc1. The van der Waals surface area contributed by atoms with Crippen LogP contribution in [0, 0.1) is 0 Å². The fourth-order valence-corrected chi connectivity index (χ4v) is 3.08. The summed E-state index contributed by atoms with van der Waals surface area (Å²) in [4.78, 5) is 25.1. The van der Waals surface area contributed by atoms with Gasteiger partial charge in [-0.15, -0.1) is 0 Å². The first-order valence-electron chi connectivity index (χ1n) is 8.24. The van der Waals surface area contributed by atoms with Gasteiger partial charge in [0.1, 0.15) is 0 Å². The molecule has 5 heteroatoms. The highest BCUT2D eigenvalue weighted by Crippen LogP contribution is 2.32. The second-order valence-corrected chi connectivity index (χ2v) is 6.00. The van der Waals surface area contributed by atoms with E-state index in [1.54, 1.807) is 24.3 Å². The van der Waals surface area contributed by atoms with Crippen molar-refractivity contribution in [2.45, 2.75) is 6.42 Å². The van der Waals surface area contributed by atoms with E-state index in [9.17, 15) is 4.79 Å². The van der Waals surface area contributed by atoms with Gasteiger partial charge < -0.3 is 9.80 Å². The highest BCUT2D eigenvalue weighted by atomic mass is 16.2. The van der Waals surface area contributed by atoms with Gasteiger partial charge in [0.2, 0.25) is 5.95 Å². The smallest absolute Gasteiger partial charge is 0.261 e. The maximum atomic E-state index is 12.6. The fourth-order valence-electron chi connectivity index (χ4n) is 3.08. The predicted molar refractivity (Wildman–Crippen MR) is 98.4 cm³/mol. The van der Waals surface area contributed by atoms with Crippen LogP contribution in [0.15, 0.2) is 67.0 Å². The number of fused-ring (bicyclic) bond motifs is 1. The summed E-state index contributed by atoms with van der Waals surface area (Å²) in [5.41, 5.74) is 3.76. The molecular weight excluding hydrogens is 312 g/mol. The molecule has 0 N–H and O–H groups in total. The van der Waals surface area contributed by atoms with Gasteiger partial charge in [0, 0.05) is 37.4 Å². The first-order valence-corrected chi connectivity index (χ1v) is 8.24. The number of rotatable bonds is 3. The van der Waals surface area contributed by atoms with E-state index in [0.29, 0.717) is 11.5 Å². The lowest BCUT2D eigenvalue weighted by Gasteiger charge is -2.19. The minimum absolute atomic E-state index is 0.125. The number of nitrogens with zero attached hydrogens (tertiary/aromatic N) is 4. The number of carbonyl (C=O) groups excluding carboxylic acids is 1. The number of benzene rings is 2. The molecule has 1 aliphatic rings. The number of amides is 1. The first-order chi connectivity index (χ1) is 12.2. The van der Waals surface area contributed by atoms with Gasteiger partial charge in [-0.3, -0.25) is 4.79 Å². The number of carbonyl (C=O) groups is 1. The van der Waals surface area contributed by atoms with Crippen molar-refractivity contribution in [2.24, 2.45) is 0 Å². The van der Waals surface area contributed by atoms with Gasteiger partial charge in [-0.25, -0.2) is 9.97 Å². The quantitative estimate of drug-likeness (QED) is 0.738. The predicted octanol–water partition coefficient (Wildman–Crippen LogP) is 3.45. The molecule has 3 aromatic rings. The number of hydrogen-bond acceptors (Lipinski definition) is 4. The lowest BCUT2D eigenvalue weighted by molar-refractivity contribution is 0.0992. The zero-order valence-corrected chi connectivity index (χ0v) is 14.0. The third kappa shape index (κ3) is 2.85. The molecule has 1 aromatic heterocycles. The number of para-hydroxylation sites is 2. The van der Waals surface area contributed by atoms with Crippen LogP contribution in [0.5, 0.6) is 0 Å². The van der Waals surface area contributed by atoms with Gasteiger partial charge in [-0.2, -0.15) is 0 Å². The largest absolute Gasteiger partial charge is 0.311 e. The van der Waals surface area contributed by atoms with Crippen LogP contribution in [0.4, 0.5) is 17.3 Å². The molecule has 0 atom stereocenters. The normalized spacial score (nSPS) is 12.8. The maximum Gasteiger partial charge on any atom is 0.261 e. The van der Waals surface area contributed by atoms with E-state index < -0.39 is 0 Å². The molecule has 0 saturated carbocycles.